The predicted octanol–water partition coefficient (Wildman–Crippen LogP) is 3.11. The highest BCUT2D eigenvalue weighted by molar-refractivity contribution is 7.90. The Morgan fingerprint density at radius 3 is 2.35 bits per heavy atom. The van der Waals surface area contributed by atoms with Gasteiger partial charge in [0.25, 0.3) is 21.8 Å². The highest BCUT2D eigenvalue weighted by Crippen LogP contribution is 2.32. The molecule has 0 fully saturated rings. The number of anilines is 1. The summed E-state index contributed by atoms with van der Waals surface area (Å²) in [6.07, 6.45) is 0. The van der Waals surface area contributed by atoms with Crippen LogP contribution >= 0.6 is 0 Å². The minimum Gasteiger partial charge on any atom is -0.322 e. The molecule has 26 heavy (non-hydrogen) atoms. The third-order valence-electron chi connectivity index (χ3n) is 4.45. The third kappa shape index (κ3) is 2.88. The third-order valence-corrected chi connectivity index (χ3v) is 6.44. The molecular weight excluding hydrogens is 352 g/mol. The molecule has 1 heterocycles. The maximum atomic E-state index is 12.6. The predicted molar refractivity (Wildman–Crippen MR) is 98.8 cm³/mol. The van der Waals surface area contributed by atoms with Gasteiger partial charge in [0.05, 0.1) is 5.56 Å². The molecule has 2 aromatic carbocycles. The maximum Gasteiger partial charge on any atom is 0.269 e. The fraction of sp³-hybridized carbons (Fsp3) is 0.263. The van der Waals surface area contributed by atoms with E-state index < -0.39 is 27.9 Å². The number of hydrogen-bond acceptors (Lipinski definition) is 4. The number of carbonyl (C=O) groups is 2. The molecule has 0 atom stereocenters. The molecule has 7 heteroatoms. The molecule has 0 saturated carbocycles. The topological polar surface area (TPSA) is 83.6 Å². The zero-order valence-electron chi connectivity index (χ0n) is 15.0. The summed E-state index contributed by atoms with van der Waals surface area (Å²) < 4.78 is 26.1. The highest BCUT2D eigenvalue weighted by Gasteiger charge is 2.42. The molecule has 0 radical (unpaired) electrons. The summed E-state index contributed by atoms with van der Waals surface area (Å²) in [7, 11) is -3.93. The van der Waals surface area contributed by atoms with Gasteiger partial charge in [-0.3, -0.25) is 9.59 Å². The first-order chi connectivity index (χ1) is 12.1. The van der Waals surface area contributed by atoms with Crippen molar-refractivity contribution in [2.24, 2.45) is 0 Å². The van der Waals surface area contributed by atoms with Crippen LogP contribution in [0.5, 0.6) is 0 Å². The van der Waals surface area contributed by atoms with E-state index in [4.69, 9.17) is 0 Å². The van der Waals surface area contributed by atoms with Gasteiger partial charge in [-0.15, -0.1) is 0 Å². The van der Waals surface area contributed by atoms with Crippen LogP contribution in [0.2, 0.25) is 0 Å². The Balaban J connectivity index is 1.95. The van der Waals surface area contributed by atoms with Crippen molar-refractivity contribution >= 4 is 27.5 Å². The lowest BCUT2D eigenvalue weighted by Crippen LogP contribution is -2.36. The van der Waals surface area contributed by atoms with Crippen LogP contribution in [0.3, 0.4) is 0 Å². The van der Waals surface area contributed by atoms with Gasteiger partial charge in [-0.05, 0) is 69.2 Å². The SMILES string of the molecule is Cc1ccc(NC(=O)c2ccc3c(c2)S(=O)(=O)N(C(C)C)C3=O)cc1C. The molecule has 0 aromatic heterocycles. The molecule has 0 spiro atoms. The van der Waals surface area contributed by atoms with E-state index in [9.17, 15) is 18.0 Å². The monoisotopic (exact) mass is 372 g/mol. The van der Waals surface area contributed by atoms with Gasteiger partial charge in [-0.25, -0.2) is 12.7 Å². The van der Waals surface area contributed by atoms with Crippen LogP contribution in [-0.4, -0.2) is 30.6 Å². The number of sulfonamides is 1. The van der Waals surface area contributed by atoms with Crippen molar-refractivity contribution in [3.8, 4) is 0 Å². The number of hydrogen-bond donors (Lipinski definition) is 1. The van der Waals surface area contributed by atoms with E-state index in [0.29, 0.717) is 5.69 Å². The second-order valence-electron chi connectivity index (χ2n) is 6.66. The molecule has 1 N–H and O–H groups in total. The summed E-state index contributed by atoms with van der Waals surface area (Å²) in [5.74, 6) is -0.988. The van der Waals surface area contributed by atoms with Gasteiger partial charge in [0.15, 0.2) is 0 Å². The van der Waals surface area contributed by atoms with Crippen molar-refractivity contribution in [2.45, 2.75) is 38.6 Å². The second kappa shape index (κ2) is 6.25. The van der Waals surface area contributed by atoms with Crippen LogP contribution in [0, 0.1) is 13.8 Å². The normalized spacial score (nSPS) is 15.3. The number of benzene rings is 2. The molecule has 2 amide bonds. The molecule has 0 aliphatic carbocycles. The van der Waals surface area contributed by atoms with Crippen LogP contribution in [0.25, 0.3) is 0 Å². The molecule has 0 bridgehead atoms. The average Bonchev–Trinajstić information content (AvgIpc) is 2.77. The van der Waals surface area contributed by atoms with Gasteiger partial charge in [0.1, 0.15) is 4.90 Å². The first-order valence-corrected chi connectivity index (χ1v) is 9.68. The molecule has 0 saturated heterocycles. The van der Waals surface area contributed by atoms with Crippen molar-refractivity contribution in [1.29, 1.82) is 0 Å². The number of aryl methyl sites for hydroxylation is 2. The molecule has 1 aliphatic heterocycles. The number of rotatable bonds is 3. The second-order valence-corrected chi connectivity index (χ2v) is 8.45. The highest BCUT2D eigenvalue weighted by atomic mass is 32.2. The van der Waals surface area contributed by atoms with E-state index in [1.54, 1.807) is 19.9 Å². The Labute approximate surface area is 152 Å². The largest absolute Gasteiger partial charge is 0.322 e. The van der Waals surface area contributed by atoms with Crippen LogP contribution < -0.4 is 5.32 Å². The summed E-state index contributed by atoms with van der Waals surface area (Å²) >= 11 is 0. The Morgan fingerprint density at radius 2 is 1.73 bits per heavy atom. The summed E-state index contributed by atoms with van der Waals surface area (Å²) in [6, 6.07) is 9.17. The Bertz CT molecular complexity index is 1030. The molecule has 136 valence electrons. The van der Waals surface area contributed by atoms with Gasteiger partial charge in [-0.2, -0.15) is 0 Å². The standard InChI is InChI=1S/C19H20N2O4S/c1-11(2)21-19(23)16-8-6-14(10-17(16)26(21,24)25)18(22)20-15-7-5-12(3)13(4)9-15/h5-11H,1-4H3,(H,20,22). The van der Waals surface area contributed by atoms with Crippen LogP contribution in [0.1, 0.15) is 45.7 Å². The quantitative estimate of drug-likeness (QED) is 0.897. The smallest absolute Gasteiger partial charge is 0.269 e. The maximum absolute atomic E-state index is 12.6. The van der Waals surface area contributed by atoms with Gasteiger partial charge in [-0.1, -0.05) is 6.07 Å². The minimum atomic E-state index is -3.93. The fourth-order valence-corrected chi connectivity index (χ4v) is 4.71. The van der Waals surface area contributed by atoms with E-state index in [0.717, 1.165) is 15.4 Å². The average molecular weight is 372 g/mol. The fourth-order valence-electron chi connectivity index (χ4n) is 2.92. The van der Waals surface area contributed by atoms with E-state index in [1.165, 1.54) is 18.2 Å². The van der Waals surface area contributed by atoms with E-state index in [2.05, 4.69) is 5.32 Å². The van der Waals surface area contributed by atoms with E-state index in [1.807, 2.05) is 26.0 Å². The number of amides is 2. The van der Waals surface area contributed by atoms with Gasteiger partial charge < -0.3 is 5.32 Å². The van der Waals surface area contributed by atoms with Crippen molar-refractivity contribution in [2.75, 3.05) is 5.32 Å². The Hall–Kier alpha value is -2.67. The first kappa shape index (κ1) is 18.1. The lowest BCUT2D eigenvalue weighted by molar-refractivity contribution is 0.0846. The first-order valence-electron chi connectivity index (χ1n) is 8.24. The summed E-state index contributed by atoms with van der Waals surface area (Å²) in [6.45, 7) is 7.19. The number of fused-ring (bicyclic) bond motifs is 1. The number of carbonyl (C=O) groups excluding carboxylic acids is 2. The Morgan fingerprint density at radius 1 is 1.04 bits per heavy atom. The number of nitrogens with one attached hydrogen (secondary N) is 1. The Kier molecular flexibility index (Phi) is 4.36. The van der Waals surface area contributed by atoms with Crippen molar-refractivity contribution in [1.82, 2.24) is 4.31 Å². The van der Waals surface area contributed by atoms with Gasteiger partial charge in [0, 0.05) is 17.3 Å². The summed E-state index contributed by atoms with van der Waals surface area (Å²) in [5.41, 5.74) is 3.06. The van der Waals surface area contributed by atoms with Crippen molar-refractivity contribution in [3.63, 3.8) is 0 Å². The molecule has 3 rings (SSSR count). The van der Waals surface area contributed by atoms with Crippen LogP contribution in [0.15, 0.2) is 41.3 Å². The molecule has 6 nitrogen and oxygen atoms in total. The summed E-state index contributed by atoms with van der Waals surface area (Å²) in [5, 5.41) is 2.76. The van der Waals surface area contributed by atoms with Crippen LogP contribution in [0.4, 0.5) is 5.69 Å². The van der Waals surface area contributed by atoms with E-state index in [-0.39, 0.29) is 16.0 Å². The minimum absolute atomic E-state index is 0.0985. The molecule has 0 unspecified atom stereocenters. The lowest BCUT2D eigenvalue weighted by atomic mass is 10.1. The zero-order chi connectivity index (χ0) is 19.2. The van der Waals surface area contributed by atoms with Crippen molar-refractivity contribution < 1.29 is 18.0 Å². The molecule has 1 aliphatic rings. The van der Waals surface area contributed by atoms with Gasteiger partial charge in [0.2, 0.25) is 0 Å². The zero-order valence-corrected chi connectivity index (χ0v) is 15.8. The van der Waals surface area contributed by atoms with E-state index >= 15 is 0 Å². The summed E-state index contributed by atoms with van der Waals surface area (Å²) in [4.78, 5) is 24.7. The van der Waals surface area contributed by atoms with Crippen molar-refractivity contribution in [3.05, 3.63) is 58.7 Å². The van der Waals surface area contributed by atoms with Crippen LogP contribution in [-0.2, 0) is 10.0 Å². The van der Waals surface area contributed by atoms with Gasteiger partial charge >= 0.3 is 0 Å². The molecular formula is C19H20N2O4S. The number of nitrogens with zero attached hydrogens (tertiary/aromatic N) is 1. The molecule has 2 aromatic rings. The lowest BCUT2D eigenvalue weighted by Gasteiger charge is -2.18.